The zero-order chi connectivity index (χ0) is 17.8. The molecule has 0 spiro atoms. The molecular formula is C17H20N4O4. The minimum Gasteiger partial charge on any atom is -0.447 e. The lowest BCUT2D eigenvalue weighted by Gasteiger charge is -2.14. The third kappa shape index (κ3) is 4.14. The van der Waals surface area contributed by atoms with Crippen molar-refractivity contribution < 1.29 is 18.8 Å². The average Bonchev–Trinajstić information content (AvgIpc) is 3.22. The molecule has 1 aliphatic rings. The molecule has 25 heavy (non-hydrogen) atoms. The molecule has 1 N–H and O–H groups in total. The van der Waals surface area contributed by atoms with Gasteiger partial charge in [-0.3, -0.25) is 9.69 Å². The molecular weight excluding hydrogens is 324 g/mol. The molecule has 2 heterocycles. The number of cyclic esters (lactones) is 1. The highest BCUT2D eigenvalue weighted by Crippen LogP contribution is 2.22. The summed E-state index contributed by atoms with van der Waals surface area (Å²) in [6.07, 6.45) is 0.236. The number of carbonyl (C=O) groups is 2. The van der Waals surface area contributed by atoms with Gasteiger partial charge in [0.15, 0.2) is 5.82 Å². The summed E-state index contributed by atoms with van der Waals surface area (Å²) in [5.41, 5.74) is 1.31. The number of amides is 2. The highest BCUT2D eigenvalue weighted by atomic mass is 16.6. The molecule has 8 nitrogen and oxygen atoms in total. The third-order valence-electron chi connectivity index (χ3n) is 3.77. The maximum absolute atomic E-state index is 12.1. The van der Waals surface area contributed by atoms with Gasteiger partial charge in [-0.2, -0.15) is 4.98 Å². The largest absolute Gasteiger partial charge is 0.447 e. The number of carbonyl (C=O) groups excluding carboxylic acids is 2. The Hall–Kier alpha value is -2.90. The number of hydrogen-bond acceptors (Lipinski definition) is 6. The predicted molar refractivity (Wildman–Crippen MR) is 90.5 cm³/mol. The quantitative estimate of drug-likeness (QED) is 0.865. The minimum atomic E-state index is -0.374. The van der Waals surface area contributed by atoms with Crippen molar-refractivity contribution in [2.75, 3.05) is 23.4 Å². The fourth-order valence-electron chi connectivity index (χ4n) is 2.43. The molecule has 3 rings (SSSR count). The number of aryl methyl sites for hydroxylation is 1. The first-order valence-electron chi connectivity index (χ1n) is 8.19. The van der Waals surface area contributed by atoms with Gasteiger partial charge in [0.25, 0.3) is 0 Å². The van der Waals surface area contributed by atoms with Crippen molar-refractivity contribution in [3.05, 3.63) is 36.0 Å². The number of anilines is 2. The number of rotatable bonds is 6. The van der Waals surface area contributed by atoms with Crippen LogP contribution in [0.25, 0.3) is 0 Å². The summed E-state index contributed by atoms with van der Waals surface area (Å²) in [7, 11) is 0. The summed E-state index contributed by atoms with van der Waals surface area (Å²) >= 11 is 0. The van der Waals surface area contributed by atoms with E-state index in [9.17, 15) is 9.59 Å². The number of nitrogens with zero attached hydrogens (tertiary/aromatic N) is 3. The highest BCUT2D eigenvalue weighted by Gasteiger charge is 2.23. The first-order valence-corrected chi connectivity index (χ1v) is 8.19. The van der Waals surface area contributed by atoms with E-state index in [1.165, 1.54) is 4.90 Å². The molecule has 0 bridgehead atoms. The molecule has 1 aromatic heterocycles. The van der Waals surface area contributed by atoms with Crippen molar-refractivity contribution in [1.29, 1.82) is 0 Å². The summed E-state index contributed by atoms with van der Waals surface area (Å²) in [5.74, 6) is 1.12. The van der Waals surface area contributed by atoms with Gasteiger partial charge >= 0.3 is 6.09 Å². The Morgan fingerprint density at radius 3 is 2.92 bits per heavy atom. The van der Waals surface area contributed by atoms with Crippen LogP contribution < -0.4 is 10.2 Å². The average molecular weight is 344 g/mol. The van der Waals surface area contributed by atoms with Gasteiger partial charge in [-0.25, -0.2) is 4.79 Å². The van der Waals surface area contributed by atoms with E-state index in [-0.39, 0.29) is 24.3 Å². The summed E-state index contributed by atoms with van der Waals surface area (Å²) in [6.45, 7) is 4.83. The molecule has 2 aromatic rings. The second-order valence-electron chi connectivity index (χ2n) is 6.07. The Bertz CT molecular complexity index is 772. The maximum Gasteiger partial charge on any atom is 0.414 e. The fourth-order valence-corrected chi connectivity index (χ4v) is 2.43. The van der Waals surface area contributed by atoms with Gasteiger partial charge in [0.1, 0.15) is 6.61 Å². The van der Waals surface area contributed by atoms with Gasteiger partial charge in [-0.05, 0) is 18.2 Å². The minimum absolute atomic E-state index is 0.162. The molecule has 0 saturated carbocycles. The van der Waals surface area contributed by atoms with Crippen LogP contribution in [-0.2, 0) is 16.0 Å². The van der Waals surface area contributed by atoms with Crippen molar-refractivity contribution in [2.24, 2.45) is 0 Å². The van der Waals surface area contributed by atoms with Gasteiger partial charge in [-0.15, -0.1) is 0 Å². The lowest BCUT2D eigenvalue weighted by atomic mass is 10.2. The number of benzene rings is 1. The Kier molecular flexibility index (Phi) is 4.97. The standard InChI is InChI=1S/C17H20N4O4/c1-11(2)16-19-15(25-20-16)7-6-14(22)18-12-4-3-5-13(10-12)21-8-9-24-17(21)23/h3-5,10-11H,6-9H2,1-2H3,(H,18,22). The van der Waals surface area contributed by atoms with E-state index in [0.29, 0.717) is 42.7 Å². The number of hydrogen-bond donors (Lipinski definition) is 1. The Morgan fingerprint density at radius 2 is 2.24 bits per heavy atom. The SMILES string of the molecule is CC(C)c1noc(CCC(=O)Nc2cccc(N3CCOC3=O)c2)n1. The summed E-state index contributed by atoms with van der Waals surface area (Å²) in [5, 5.41) is 6.69. The van der Waals surface area contributed by atoms with E-state index < -0.39 is 0 Å². The van der Waals surface area contributed by atoms with E-state index in [1.54, 1.807) is 24.3 Å². The van der Waals surface area contributed by atoms with E-state index in [2.05, 4.69) is 15.5 Å². The van der Waals surface area contributed by atoms with Gasteiger partial charge in [0, 0.05) is 30.1 Å². The van der Waals surface area contributed by atoms with Crippen LogP contribution in [0.4, 0.5) is 16.2 Å². The second kappa shape index (κ2) is 7.33. The molecule has 0 radical (unpaired) electrons. The molecule has 8 heteroatoms. The van der Waals surface area contributed by atoms with Crippen LogP contribution >= 0.6 is 0 Å². The Morgan fingerprint density at radius 1 is 1.40 bits per heavy atom. The van der Waals surface area contributed by atoms with Crippen molar-refractivity contribution in [3.8, 4) is 0 Å². The van der Waals surface area contributed by atoms with Crippen molar-refractivity contribution in [1.82, 2.24) is 10.1 Å². The van der Waals surface area contributed by atoms with E-state index in [4.69, 9.17) is 9.26 Å². The first-order chi connectivity index (χ1) is 12.0. The predicted octanol–water partition coefficient (Wildman–Crippen LogP) is 2.72. The van der Waals surface area contributed by atoms with Gasteiger partial charge in [0.2, 0.25) is 11.8 Å². The fraction of sp³-hybridized carbons (Fsp3) is 0.412. The lowest BCUT2D eigenvalue weighted by molar-refractivity contribution is -0.116. The highest BCUT2D eigenvalue weighted by molar-refractivity contribution is 5.93. The van der Waals surface area contributed by atoms with E-state index in [1.807, 2.05) is 13.8 Å². The van der Waals surface area contributed by atoms with Crippen LogP contribution in [0.5, 0.6) is 0 Å². The number of aromatic nitrogens is 2. The Labute approximate surface area is 145 Å². The molecule has 0 unspecified atom stereocenters. The summed E-state index contributed by atoms with van der Waals surface area (Å²) < 4.78 is 10.0. The number of nitrogens with one attached hydrogen (secondary N) is 1. The molecule has 1 fully saturated rings. The normalized spacial score (nSPS) is 14.0. The molecule has 0 atom stereocenters. The van der Waals surface area contributed by atoms with Crippen molar-refractivity contribution in [2.45, 2.75) is 32.6 Å². The molecule has 1 aromatic carbocycles. The topological polar surface area (TPSA) is 97.6 Å². The lowest BCUT2D eigenvalue weighted by Crippen LogP contribution is -2.23. The molecule has 0 aliphatic carbocycles. The zero-order valence-corrected chi connectivity index (χ0v) is 14.2. The van der Waals surface area contributed by atoms with E-state index >= 15 is 0 Å². The van der Waals surface area contributed by atoms with Crippen LogP contribution in [0, 0.1) is 0 Å². The van der Waals surface area contributed by atoms with Crippen LogP contribution in [0.1, 0.15) is 37.9 Å². The molecule has 2 amide bonds. The summed E-state index contributed by atoms with van der Waals surface area (Å²) in [6, 6.07) is 7.10. The third-order valence-corrected chi connectivity index (χ3v) is 3.77. The van der Waals surface area contributed by atoms with Gasteiger partial charge < -0.3 is 14.6 Å². The van der Waals surface area contributed by atoms with Gasteiger partial charge in [-0.1, -0.05) is 25.1 Å². The van der Waals surface area contributed by atoms with Crippen LogP contribution in [-0.4, -0.2) is 35.3 Å². The molecule has 1 aliphatic heterocycles. The zero-order valence-electron chi connectivity index (χ0n) is 14.2. The van der Waals surface area contributed by atoms with Crippen molar-refractivity contribution >= 4 is 23.4 Å². The van der Waals surface area contributed by atoms with Crippen LogP contribution in [0.15, 0.2) is 28.8 Å². The molecule has 132 valence electrons. The maximum atomic E-state index is 12.1. The Balaban J connectivity index is 1.56. The van der Waals surface area contributed by atoms with Gasteiger partial charge in [0.05, 0.1) is 6.54 Å². The van der Waals surface area contributed by atoms with Crippen LogP contribution in [0.3, 0.4) is 0 Å². The van der Waals surface area contributed by atoms with Crippen LogP contribution in [0.2, 0.25) is 0 Å². The first kappa shape index (κ1) is 16.9. The monoisotopic (exact) mass is 344 g/mol. The van der Waals surface area contributed by atoms with E-state index in [0.717, 1.165) is 0 Å². The smallest absolute Gasteiger partial charge is 0.414 e. The van der Waals surface area contributed by atoms with Crippen molar-refractivity contribution in [3.63, 3.8) is 0 Å². The second-order valence-corrected chi connectivity index (χ2v) is 6.07. The summed E-state index contributed by atoms with van der Waals surface area (Å²) in [4.78, 5) is 29.5. The number of ether oxygens (including phenoxy) is 1. The molecule has 1 saturated heterocycles.